The fraction of sp³-hybridized carbons (Fsp3) is 0.273. The molecule has 0 spiro atoms. The van der Waals surface area contributed by atoms with Crippen molar-refractivity contribution in [2.24, 2.45) is 0 Å². The molecular formula is C22H21B2N3O2S. The van der Waals surface area contributed by atoms with Gasteiger partial charge in [0.05, 0.1) is 26.9 Å². The molecule has 30 heavy (non-hydrogen) atoms. The Bertz CT molecular complexity index is 1290. The Morgan fingerprint density at radius 3 is 2.53 bits per heavy atom. The monoisotopic (exact) mass is 413 g/mol. The van der Waals surface area contributed by atoms with Crippen LogP contribution in [0.5, 0.6) is 0 Å². The number of likely N-dealkylation sites (N-methyl/N-ethyl adjacent to an activating group) is 1. The van der Waals surface area contributed by atoms with E-state index in [0.29, 0.717) is 11.2 Å². The molecule has 0 saturated carbocycles. The number of aryl methyl sites for hydroxylation is 2. The molecule has 4 aromatic rings. The molecule has 4 rings (SSSR count). The Kier molecular flexibility index (Phi) is 5.34. The van der Waals surface area contributed by atoms with Gasteiger partial charge in [0.1, 0.15) is 4.70 Å². The van der Waals surface area contributed by atoms with Gasteiger partial charge in [0.2, 0.25) is 0 Å². The number of aliphatic hydroxyl groups is 1. The summed E-state index contributed by atoms with van der Waals surface area (Å²) < 4.78 is 0.704. The Labute approximate surface area is 181 Å². The standard InChI is InChI=1S/C22H21B2N3O2S/c1-11-17(14-6-4-13(5-7-14)16(10-25-3)22(23,24)29)18-15-8-9-30-20(15)21(28)27-19(18)12(2)26-11/h4-9,16,25,29H,10H2,1-3H3,(H,27,28). The molecule has 1 unspecified atom stereocenters. The van der Waals surface area contributed by atoms with Crippen molar-refractivity contribution in [3.63, 3.8) is 0 Å². The smallest absolute Gasteiger partial charge is 0.266 e. The third-order valence-electron chi connectivity index (χ3n) is 5.51. The van der Waals surface area contributed by atoms with Crippen LogP contribution in [0, 0.1) is 13.8 Å². The molecule has 5 nitrogen and oxygen atoms in total. The van der Waals surface area contributed by atoms with E-state index in [9.17, 15) is 9.90 Å². The number of nitrogens with zero attached hydrogens (tertiary/aromatic N) is 1. The average molecular weight is 413 g/mol. The first-order valence-electron chi connectivity index (χ1n) is 9.67. The zero-order valence-corrected chi connectivity index (χ0v) is 17.9. The van der Waals surface area contributed by atoms with Crippen molar-refractivity contribution in [1.82, 2.24) is 15.3 Å². The van der Waals surface area contributed by atoms with Gasteiger partial charge in [-0.2, -0.15) is 0 Å². The van der Waals surface area contributed by atoms with E-state index in [1.165, 1.54) is 11.3 Å². The number of hydrogen-bond acceptors (Lipinski definition) is 5. The molecule has 0 saturated heterocycles. The van der Waals surface area contributed by atoms with Gasteiger partial charge in [0.25, 0.3) is 5.56 Å². The largest absolute Gasteiger partial charge is 0.408 e. The summed E-state index contributed by atoms with van der Waals surface area (Å²) in [6, 6.07) is 9.78. The number of rotatable bonds is 5. The van der Waals surface area contributed by atoms with Crippen LogP contribution < -0.4 is 10.9 Å². The van der Waals surface area contributed by atoms with E-state index in [0.717, 1.165) is 44.4 Å². The second-order valence-corrected chi connectivity index (χ2v) is 8.56. The third-order valence-corrected chi connectivity index (χ3v) is 6.42. The summed E-state index contributed by atoms with van der Waals surface area (Å²) in [4.78, 5) is 20.2. The summed E-state index contributed by atoms with van der Waals surface area (Å²) in [6.45, 7) is 4.32. The van der Waals surface area contributed by atoms with E-state index in [1.807, 2.05) is 49.6 Å². The van der Waals surface area contributed by atoms with Crippen molar-refractivity contribution >= 4 is 48.0 Å². The third kappa shape index (κ3) is 3.49. The first kappa shape index (κ1) is 20.8. The van der Waals surface area contributed by atoms with Crippen LogP contribution in [0.3, 0.4) is 0 Å². The predicted octanol–water partition coefficient (Wildman–Crippen LogP) is 2.71. The highest BCUT2D eigenvalue weighted by molar-refractivity contribution is 7.17. The van der Waals surface area contributed by atoms with E-state index >= 15 is 0 Å². The number of aromatic amines is 1. The topological polar surface area (TPSA) is 78.0 Å². The summed E-state index contributed by atoms with van der Waals surface area (Å²) in [6.07, 6.45) is 0. The van der Waals surface area contributed by atoms with Gasteiger partial charge >= 0.3 is 0 Å². The quantitative estimate of drug-likeness (QED) is 0.440. The average Bonchev–Trinajstić information content (AvgIpc) is 3.17. The van der Waals surface area contributed by atoms with Crippen LogP contribution in [-0.4, -0.2) is 49.8 Å². The molecule has 3 heterocycles. The molecular weight excluding hydrogens is 392 g/mol. The number of pyridine rings is 2. The van der Waals surface area contributed by atoms with Crippen LogP contribution in [0.2, 0.25) is 0 Å². The van der Waals surface area contributed by atoms with Crippen molar-refractivity contribution < 1.29 is 5.11 Å². The molecule has 0 aliphatic rings. The minimum Gasteiger partial charge on any atom is -0.408 e. The van der Waals surface area contributed by atoms with Gasteiger partial charge in [-0.15, -0.1) is 11.3 Å². The van der Waals surface area contributed by atoms with Crippen molar-refractivity contribution in [2.45, 2.75) is 25.2 Å². The molecule has 3 aromatic heterocycles. The SMILES string of the molecule is [B]C([B])(O)C(CNC)c1ccc(-c2c(C)nc(C)c3[nH]c(=O)c4sccc4c23)cc1. The number of fused-ring (bicyclic) bond motifs is 3. The summed E-state index contributed by atoms with van der Waals surface area (Å²) in [5.74, 6) is -0.467. The number of benzene rings is 1. The number of thiophene rings is 1. The molecule has 0 aliphatic carbocycles. The van der Waals surface area contributed by atoms with Crippen molar-refractivity contribution in [2.75, 3.05) is 13.6 Å². The number of hydrogen-bond donors (Lipinski definition) is 3. The van der Waals surface area contributed by atoms with Crippen molar-refractivity contribution in [3.8, 4) is 11.1 Å². The molecule has 0 fully saturated rings. The van der Waals surface area contributed by atoms with Crippen molar-refractivity contribution in [3.05, 3.63) is 63.0 Å². The minimum atomic E-state index is -1.83. The molecule has 8 heteroatoms. The maximum atomic E-state index is 12.5. The van der Waals surface area contributed by atoms with Gasteiger partial charge in [-0.3, -0.25) is 9.78 Å². The van der Waals surface area contributed by atoms with Gasteiger partial charge in [-0.1, -0.05) is 24.3 Å². The fourth-order valence-electron chi connectivity index (χ4n) is 4.11. The summed E-state index contributed by atoms with van der Waals surface area (Å²) in [5.41, 5.74) is 5.10. The lowest BCUT2D eigenvalue weighted by atomic mass is 9.56. The first-order valence-corrected chi connectivity index (χ1v) is 10.6. The zero-order valence-electron chi connectivity index (χ0n) is 17.1. The highest BCUT2D eigenvalue weighted by Crippen LogP contribution is 2.37. The predicted molar refractivity (Wildman–Crippen MR) is 126 cm³/mol. The summed E-state index contributed by atoms with van der Waals surface area (Å²) >= 11 is 1.43. The molecule has 0 bridgehead atoms. The van der Waals surface area contributed by atoms with Crippen LogP contribution >= 0.6 is 11.3 Å². The van der Waals surface area contributed by atoms with Crippen molar-refractivity contribution in [1.29, 1.82) is 0 Å². The van der Waals surface area contributed by atoms with Gasteiger partial charge in [-0.25, -0.2) is 0 Å². The normalized spacial score (nSPS) is 13.2. The van der Waals surface area contributed by atoms with Crippen LogP contribution in [0.25, 0.3) is 32.1 Å². The van der Waals surface area contributed by atoms with Crippen LogP contribution in [-0.2, 0) is 0 Å². The Morgan fingerprint density at radius 1 is 1.20 bits per heavy atom. The van der Waals surface area contributed by atoms with Gasteiger partial charge in [-0.05, 0) is 48.9 Å². The molecule has 148 valence electrons. The van der Waals surface area contributed by atoms with E-state index < -0.39 is 11.3 Å². The highest BCUT2D eigenvalue weighted by atomic mass is 32.1. The number of nitrogens with one attached hydrogen (secondary N) is 2. The molecule has 1 aromatic carbocycles. The van der Waals surface area contributed by atoms with Gasteiger partial charge in [0, 0.05) is 34.5 Å². The Morgan fingerprint density at radius 2 is 1.90 bits per heavy atom. The van der Waals surface area contributed by atoms with Gasteiger partial charge < -0.3 is 15.4 Å². The molecule has 4 radical (unpaired) electrons. The molecule has 3 N–H and O–H groups in total. The lowest BCUT2D eigenvalue weighted by Gasteiger charge is -2.31. The number of aromatic nitrogens is 2. The second kappa shape index (κ2) is 7.69. The van der Waals surface area contributed by atoms with E-state index in [1.54, 1.807) is 7.05 Å². The molecule has 0 amide bonds. The second-order valence-electron chi connectivity index (χ2n) is 7.64. The highest BCUT2D eigenvalue weighted by Gasteiger charge is 2.27. The van der Waals surface area contributed by atoms with E-state index in [4.69, 9.17) is 15.7 Å². The first-order chi connectivity index (χ1) is 14.2. The Hall–Kier alpha value is -2.41. The zero-order chi connectivity index (χ0) is 21.6. The maximum Gasteiger partial charge on any atom is 0.266 e. The van der Waals surface area contributed by atoms with E-state index in [2.05, 4.69) is 15.3 Å². The number of H-pyrrole nitrogens is 1. The van der Waals surface area contributed by atoms with E-state index in [-0.39, 0.29) is 5.56 Å². The summed E-state index contributed by atoms with van der Waals surface area (Å²) in [7, 11) is 13.3. The van der Waals surface area contributed by atoms with Crippen LogP contribution in [0.15, 0.2) is 40.5 Å². The fourth-order valence-corrected chi connectivity index (χ4v) is 4.91. The molecule has 1 atom stereocenters. The van der Waals surface area contributed by atoms with Gasteiger partial charge in [0.15, 0.2) is 0 Å². The lowest BCUT2D eigenvalue weighted by molar-refractivity contribution is 0.178. The Balaban J connectivity index is 1.94. The lowest BCUT2D eigenvalue weighted by Crippen LogP contribution is -2.41. The molecule has 0 aliphatic heterocycles. The minimum absolute atomic E-state index is 0.0948. The van der Waals surface area contributed by atoms with Crippen LogP contribution in [0.1, 0.15) is 22.9 Å². The van der Waals surface area contributed by atoms with Crippen LogP contribution in [0.4, 0.5) is 0 Å². The summed E-state index contributed by atoms with van der Waals surface area (Å²) in [5, 5.41) is 15.2. The maximum absolute atomic E-state index is 12.5.